The molecule has 1 aromatic carbocycles. The molecule has 0 aromatic heterocycles. The highest BCUT2D eigenvalue weighted by atomic mass is 35.5. The third kappa shape index (κ3) is 4.21. The normalized spacial score (nSPS) is 19.0. The third-order valence-electron chi connectivity index (χ3n) is 4.05. The van der Waals surface area contributed by atoms with E-state index in [-0.39, 0.29) is 30.1 Å². The molecule has 1 aromatic rings. The van der Waals surface area contributed by atoms with Crippen molar-refractivity contribution in [1.29, 1.82) is 0 Å². The van der Waals surface area contributed by atoms with Crippen molar-refractivity contribution in [2.24, 2.45) is 11.7 Å². The van der Waals surface area contributed by atoms with Crippen LogP contribution in [0.25, 0.3) is 0 Å². The highest BCUT2D eigenvalue weighted by Gasteiger charge is 2.30. The van der Waals surface area contributed by atoms with Gasteiger partial charge in [0.2, 0.25) is 11.8 Å². The number of hydrogen-bond acceptors (Lipinski definition) is 3. The summed E-state index contributed by atoms with van der Waals surface area (Å²) in [6, 6.07) is 7.02. The number of nitrogens with one attached hydrogen (secondary N) is 1. The molecule has 3 N–H and O–H groups in total. The first-order valence-electron chi connectivity index (χ1n) is 7.35. The van der Waals surface area contributed by atoms with Gasteiger partial charge in [-0.05, 0) is 25.3 Å². The van der Waals surface area contributed by atoms with Crippen LogP contribution in [-0.4, -0.2) is 36.9 Å². The summed E-state index contributed by atoms with van der Waals surface area (Å²) in [6.45, 7) is 3.12. The van der Waals surface area contributed by atoms with Gasteiger partial charge in [-0.1, -0.05) is 29.8 Å². The Balaban J connectivity index is 0.00000242. The molecule has 1 fully saturated rings. The smallest absolute Gasteiger partial charge is 0.244 e. The molecule has 2 atom stereocenters. The van der Waals surface area contributed by atoms with E-state index in [2.05, 4.69) is 5.32 Å². The van der Waals surface area contributed by atoms with Gasteiger partial charge in [0.1, 0.15) is 6.04 Å². The minimum absolute atomic E-state index is 0. The molecule has 0 bridgehead atoms. The fourth-order valence-corrected chi connectivity index (χ4v) is 2.71. The Morgan fingerprint density at radius 3 is 2.55 bits per heavy atom. The van der Waals surface area contributed by atoms with Crippen molar-refractivity contribution in [3.8, 4) is 0 Å². The van der Waals surface area contributed by atoms with Crippen LogP contribution in [0, 0.1) is 12.8 Å². The average molecular weight is 326 g/mol. The molecule has 22 heavy (non-hydrogen) atoms. The van der Waals surface area contributed by atoms with Gasteiger partial charge in [-0.15, -0.1) is 12.4 Å². The molecule has 5 nitrogen and oxygen atoms in total. The highest BCUT2D eigenvalue weighted by Crippen LogP contribution is 2.21. The number of nitrogens with two attached hydrogens (primary N) is 1. The van der Waals surface area contributed by atoms with Crippen LogP contribution in [0.1, 0.15) is 30.0 Å². The molecule has 2 unspecified atom stereocenters. The lowest BCUT2D eigenvalue weighted by atomic mass is 9.96. The number of likely N-dealkylation sites (tertiary alicyclic amines) is 1. The molecule has 2 rings (SSSR count). The summed E-state index contributed by atoms with van der Waals surface area (Å²) in [4.78, 5) is 26.0. The Morgan fingerprint density at radius 2 is 1.95 bits per heavy atom. The molecule has 122 valence electrons. The maximum atomic E-state index is 12.5. The van der Waals surface area contributed by atoms with Gasteiger partial charge in [0.15, 0.2) is 0 Å². The van der Waals surface area contributed by atoms with Crippen LogP contribution < -0.4 is 11.1 Å². The maximum Gasteiger partial charge on any atom is 0.244 e. The average Bonchev–Trinajstić information content (AvgIpc) is 2.53. The van der Waals surface area contributed by atoms with Gasteiger partial charge in [0, 0.05) is 20.1 Å². The number of benzene rings is 1. The molecule has 1 aliphatic rings. The van der Waals surface area contributed by atoms with E-state index in [1.54, 1.807) is 11.9 Å². The zero-order valence-electron chi connectivity index (χ0n) is 13.0. The number of carbonyl (C=O) groups excluding carboxylic acids is 2. The van der Waals surface area contributed by atoms with Crippen LogP contribution in [0.15, 0.2) is 24.3 Å². The molecular weight excluding hydrogens is 302 g/mol. The van der Waals surface area contributed by atoms with Gasteiger partial charge in [0.05, 0.1) is 5.92 Å². The second-order valence-corrected chi connectivity index (χ2v) is 5.63. The fourth-order valence-electron chi connectivity index (χ4n) is 2.71. The first-order valence-corrected chi connectivity index (χ1v) is 7.35. The van der Waals surface area contributed by atoms with Gasteiger partial charge in [0.25, 0.3) is 0 Å². The van der Waals surface area contributed by atoms with Crippen LogP contribution in [0.3, 0.4) is 0 Å². The minimum Gasteiger partial charge on any atom is -0.359 e. The summed E-state index contributed by atoms with van der Waals surface area (Å²) in [5, 5.41) is 2.65. The molecule has 1 saturated heterocycles. The molecule has 2 amide bonds. The lowest BCUT2D eigenvalue weighted by Crippen LogP contribution is -2.47. The minimum atomic E-state index is -0.658. The summed E-state index contributed by atoms with van der Waals surface area (Å²) in [5.74, 6) is -0.234. The molecule has 0 saturated carbocycles. The SMILES string of the molecule is CNC(=O)C1CCCN(C(=O)C(N)c2ccc(C)cc2)C1.Cl. The molecule has 0 aliphatic carbocycles. The number of aryl methyl sites for hydroxylation is 1. The van der Waals surface area contributed by atoms with E-state index >= 15 is 0 Å². The molecule has 0 radical (unpaired) electrons. The van der Waals surface area contributed by atoms with E-state index in [1.807, 2.05) is 31.2 Å². The Hall–Kier alpha value is -1.59. The van der Waals surface area contributed by atoms with Crippen LogP contribution in [0.4, 0.5) is 0 Å². The van der Waals surface area contributed by atoms with Crippen LogP contribution >= 0.6 is 12.4 Å². The second kappa shape index (κ2) is 8.15. The molecule has 1 aliphatic heterocycles. The van der Waals surface area contributed by atoms with Gasteiger partial charge in [-0.25, -0.2) is 0 Å². The third-order valence-corrected chi connectivity index (χ3v) is 4.05. The lowest BCUT2D eigenvalue weighted by molar-refractivity contribution is -0.136. The lowest BCUT2D eigenvalue weighted by Gasteiger charge is -2.33. The molecular formula is C16H24ClN3O2. The molecule has 6 heteroatoms. The second-order valence-electron chi connectivity index (χ2n) is 5.63. The quantitative estimate of drug-likeness (QED) is 0.882. The van der Waals surface area contributed by atoms with E-state index in [1.165, 1.54) is 0 Å². The summed E-state index contributed by atoms with van der Waals surface area (Å²) in [7, 11) is 1.63. The summed E-state index contributed by atoms with van der Waals surface area (Å²) >= 11 is 0. The first kappa shape index (κ1) is 18.5. The van der Waals surface area contributed by atoms with E-state index in [9.17, 15) is 9.59 Å². The zero-order chi connectivity index (χ0) is 15.4. The van der Waals surface area contributed by atoms with Gasteiger partial charge >= 0.3 is 0 Å². The standard InChI is InChI=1S/C16H23N3O2.ClH/c1-11-5-7-12(8-6-11)14(17)16(21)19-9-3-4-13(10-19)15(20)18-2;/h5-8,13-14H,3-4,9-10,17H2,1-2H3,(H,18,20);1H. The Kier molecular flexibility index (Phi) is 6.84. The van der Waals surface area contributed by atoms with E-state index < -0.39 is 6.04 Å². The number of halogens is 1. The van der Waals surface area contributed by atoms with E-state index in [0.29, 0.717) is 13.1 Å². The van der Waals surface area contributed by atoms with Gasteiger partial charge in [-0.3, -0.25) is 9.59 Å². The predicted octanol–water partition coefficient (Wildman–Crippen LogP) is 1.40. The number of amides is 2. The zero-order valence-corrected chi connectivity index (χ0v) is 13.9. The maximum absolute atomic E-state index is 12.5. The van der Waals surface area contributed by atoms with Crippen molar-refractivity contribution in [3.05, 3.63) is 35.4 Å². The highest BCUT2D eigenvalue weighted by molar-refractivity contribution is 5.85. The van der Waals surface area contributed by atoms with Crippen LogP contribution in [0.2, 0.25) is 0 Å². The monoisotopic (exact) mass is 325 g/mol. The fraction of sp³-hybridized carbons (Fsp3) is 0.500. The van der Waals surface area contributed by atoms with Crippen molar-refractivity contribution >= 4 is 24.2 Å². The van der Waals surface area contributed by atoms with Crippen molar-refractivity contribution in [1.82, 2.24) is 10.2 Å². The molecule has 0 spiro atoms. The number of hydrogen-bond donors (Lipinski definition) is 2. The van der Waals surface area contributed by atoms with E-state index in [0.717, 1.165) is 24.0 Å². The Labute approximate surface area is 137 Å². The van der Waals surface area contributed by atoms with Gasteiger partial charge < -0.3 is 16.0 Å². The van der Waals surface area contributed by atoms with Crippen LogP contribution in [-0.2, 0) is 9.59 Å². The van der Waals surface area contributed by atoms with E-state index in [4.69, 9.17) is 5.73 Å². The Bertz CT molecular complexity index is 519. The van der Waals surface area contributed by atoms with Crippen molar-refractivity contribution < 1.29 is 9.59 Å². The van der Waals surface area contributed by atoms with Crippen LogP contribution in [0.5, 0.6) is 0 Å². The topological polar surface area (TPSA) is 75.4 Å². The molecule has 1 heterocycles. The van der Waals surface area contributed by atoms with Gasteiger partial charge in [-0.2, -0.15) is 0 Å². The number of rotatable bonds is 3. The number of nitrogens with zero attached hydrogens (tertiary/aromatic N) is 1. The summed E-state index contributed by atoms with van der Waals surface area (Å²) in [6.07, 6.45) is 1.66. The number of carbonyl (C=O) groups is 2. The largest absolute Gasteiger partial charge is 0.359 e. The Morgan fingerprint density at radius 1 is 1.32 bits per heavy atom. The van der Waals surface area contributed by atoms with Crippen molar-refractivity contribution in [2.75, 3.05) is 20.1 Å². The predicted molar refractivity (Wildman–Crippen MR) is 88.7 cm³/mol. The summed E-state index contributed by atoms with van der Waals surface area (Å²) < 4.78 is 0. The summed E-state index contributed by atoms with van der Waals surface area (Å²) in [5.41, 5.74) is 8.03. The van der Waals surface area contributed by atoms with Crippen molar-refractivity contribution in [2.45, 2.75) is 25.8 Å². The first-order chi connectivity index (χ1) is 10.0. The van der Waals surface area contributed by atoms with Crippen molar-refractivity contribution in [3.63, 3.8) is 0 Å². The number of piperidine rings is 1.